The molecule has 2 unspecified atom stereocenters. The lowest BCUT2D eigenvalue weighted by Crippen LogP contribution is -2.44. The third kappa shape index (κ3) is 4.13. The number of thioether (sulfide) groups is 1. The fourth-order valence-corrected chi connectivity index (χ4v) is 1.82. The monoisotopic (exact) mass is 228 g/mol. The molecule has 0 aliphatic heterocycles. The van der Waals surface area contributed by atoms with Crippen molar-refractivity contribution in [1.82, 2.24) is 5.32 Å². The van der Waals surface area contributed by atoms with Gasteiger partial charge < -0.3 is 5.32 Å². The first-order chi connectivity index (χ1) is 7.03. The molecule has 1 amide bonds. The molecule has 15 heavy (non-hydrogen) atoms. The van der Waals surface area contributed by atoms with E-state index in [1.54, 1.807) is 18.7 Å². The molecule has 0 aromatic carbocycles. The summed E-state index contributed by atoms with van der Waals surface area (Å²) in [6.07, 6.45) is 3.46. The van der Waals surface area contributed by atoms with Crippen molar-refractivity contribution in [3.8, 4) is 6.07 Å². The lowest BCUT2D eigenvalue weighted by molar-refractivity contribution is -0.128. The lowest BCUT2D eigenvalue weighted by Gasteiger charge is -2.23. The third-order valence-electron chi connectivity index (χ3n) is 2.65. The maximum Gasteiger partial charge on any atom is 0.240 e. The summed E-state index contributed by atoms with van der Waals surface area (Å²) >= 11 is 1.70. The van der Waals surface area contributed by atoms with Crippen LogP contribution in [0.5, 0.6) is 0 Å². The molecule has 0 rings (SSSR count). The molecule has 2 atom stereocenters. The van der Waals surface area contributed by atoms with Gasteiger partial charge in [-0.25, -0.2) is 0 Å². The zero-order valence-electron chi connectivity index (χ0n) is 9.96. The summed E-state index contributed by atoms with van der Waals surface area (Å²) in [6, 6.07) is 2.25. The molecule has 0 aromatic heterocycles. The van der Waals surface area contributed by atoms with Crippen molar-refractivity contribution in [3.63, 3.8) is 0 Å². The number of carbonyl (C=O) groups is 1. The normalized spacial score (nSPS) is 16.2. The standard InChI is InChI=1S/C11H20N2OS/c1-5-9(7-15-4)13-10(14)11(3,6-2)8-12/h9H,5-7H2,1-4H3,(H,13,14). The molecule has 4 heteroatoms. The number of carbonyl (C=O) groups excluding carboxylic acids is 1. The second-order valence-corrected chi connectivity index (χ2v) is 4.74. The van der Waals surface area contributed by atoms with Crippen LogP contribution in [0.25, 0.3) is 0 Å². The van der Waals surface area contributed by atoms with E-state index in [0.29, 0.717) is 6.42 Å². The zero-order chi connectivity index (χ0) is 11.9. The fraction of sp³-hybridized carbons (Fsp3) is 0.818. The van der Waals surface area contributed by atoms with Gasteiger partial charge in [-0.15, -0.1) is 0 Å². The Hall–Kier alpha value is -0.690. The van der Waals surface area contributed by atoms with E-state index in [0.717, 1.165) is 12.2 Å². The summed E-state index contributed by atoms with van der Waals surface area (Å²) in [5, 5.41) is 11.9. The van der Waals surface area contributed by atoms with Crippen LogP contribution in [-0.4, -0.2) is 24.0 Å². The topological polar surface area (TPSA) is 52.9 Å². The van der Waals surface area contributed by atoms with E-state index in [1.807, 2.05) is 20.1 Å². The zero-order valence-corrected chi connectivity index (χ0v) is 10.8. The van der Waals surface area contributed by atoms with E-state index < -0.39 is 5.41 Å². The second-order valence-electron chi connectivity index (χ2n) is 3.83. The molecule has 0 aliphatic rings. The first-order valence-electron chi connectivity index (χ1n) is 5.25. The Balaban J connectivity index is 4.40. The van der Waals surface area contributed by atoms with Gasteiger partial charge in [0.25, 0.3) is 0 Å². The molecule has 1 N–H and O–H groups in total. The highest BCUT2D eigenvalue weighted by atomic mass is 32.2. The van der Waals surface area contributed by atoms with Crippen LogP contribution in [0.4, 0.5) is 0 Å². The average molecular weight is 228 g/mol. The van der Waals surface area contributed by atoms with Crippen LogP contribution >= 0.6 is 11.8 Å². The SMILES string of the molecule is CCC(CSC)NC(=O)C(C)(C#N)CC. The average Bonchev–Trinajstić information content (AvgIpc) is 2.27. The predicted octanol–water partition coefficient (Wildman–Crippen LogP) is 2.18. The van der Waals surface area contributed by atoms with Crippen LogP contribution in [-0.2, 0) is 4.79 Å². The van der Waals surface area contributed by atoms with E-state index in [4.69, 9.17) is 5.26 Å². The van der Waals surface area contributed by atoms with Gasteiger partial charge in [0.15, 0.2) is 0 Å². The minimum atomic E-state index is -0.883. The van der Waals surface area contributed by atoms with Crippen LogP contribution in [0.15, 0.2) is 0 Å². The van der Waals surface area contributed by atoms with Crippen molar-refractivity contribution in [2.24, 2.45) is 5.41 Å². The van der Waals surface area contributed by atoms with Crippen molar-refractivity contribution in [2.45, 2.75) is 39.7 Å². The van der Waals surface area contributed by atoms with Gasteiger partial charge in [-0.3, -0.25) is 4.79 Å². The first-order valence-corrected chi connectivity index (χ1v) is 6.64. The largest absolute Gasteiger partial charge is 0.351 e. The maximum atomic E-state index is 11.8. The Kier molecular flexibility index (Phi) is 6.42. The highest BCUT2D eigenvalue weighted by Gasteiger charge is 2.32. The van der Waals surface area contributed by atoms with Crippen molar-refractivity contribution in [3.05, 3.63) is 0 Å². The van der Waals surface area contributed by atoms with Gasteiger partial charge in [0, 0.05) is 11.8 Å². The van der Waals surface area contributed by atoms with Crippen LogP contribution in [0, 0.1) is 16.7 Å². The quantitative estimate of drug-likeness (QED) is 0.758. The summed E-state index contributed by atoms with van der Waals surface area (Å²) < 4.78 is 0. The molecular formula is C11H20N2OS. The van der Waals surface area contributed by atoms with E-state index in [1.165, 1.54) is 0 Å². The Bertz CT molecular complexity index is 249. The summed E-state index contributed by atoms with van der Waals surface area (Å²) in [4.78, 5) is 11.8. The van der Waals surface area contributed by atoms with Crippen molar-refractivity contribution < 1.29 is 4.79 Å². The molecule has 86 valence electrons. The number of hydrogen-bond acceptors (Lipinski definition) is 3. The Morgan fingerprint density at radius 2 is 2.20 bits per heavy atom. The van der Waals surface area contributed by atoms with Crippen LogP contribution in [0.1, 0.15) is 33.6 Å². The molecule has 0 aliphatic carbocycles. The Morgan fingerprint density at radius 1 is 1.60 bits per heavy atom. The molecule has 0 aromatic rings. The predicted molar refractivity (Wildman–Crippen MR) is 64.6 cm³/mol. The molecule has 0 saturated carbocycles. The summed E-state index contributed by atoms with van der Waals surface area (Å²) in [5.41, 5.74) is -0.883. The van der Waals surface area contributed by atoms with Gasteiger partial charge in [-0.2, -0.15) is 17.0 Å². The summed E-state index contributed by atoms with van der Waals surface area (Å²) in [7, 11) is 0. The van der Waals surface area contributed by atoms with Gasteiger partial charge in [-0.1, -0.05) is 13.8 Å². The Morgan fingerprint density at radius 3 is 2.53 bits per heavy atom. The molecule has 0 spiro atoms. The smallest absolute Gasteiger partial charge is 0.240 e. The van der Waals surface area contributed by atoms with Gasteiger partial charge >= 0.3 is 0 Å². The van der Waals surface area contributed by atoms with Crippen molar-refractivity contribution in [2.75, 3.05) is 12.0 Å². The molecule has 0 fully saturated rings. The molecule has 0 saturated heterocycles. The fourth-order valence-electron chi connectivity index (χ4n) is 1.10. The minimum Gasteiger partial charge on any atom is -0.351 e. The summed E-state index contributed by atoms with van der Waals surface area (Å²) in [5.74, 6) is 0.751. The van der Waals surface area contributed by atoms with Gasteiger partial charge in [0.2, 0.25) is 5.91 Å². The second kappa shape index (κ2) is 6.73. The van der Waals surface area contributed by atoms with E-state index in [-0.39, 0.29) is 11.9 Å². The molecule has 0 bridgehead atoms. The number of amides is 1. The number of nitrogens with zero attached hydrogens (tertiary/aromatic N) is 1. The molecule has 3 nitrogen and oxygen atoms in total. The maximum absolute atomic E-state index is 11.8. The highest BCUT2D eigenvalue weighted by molar-refractivity contribution is 7.98. The van der Waals surface area contributed by atoms with Gasteiger partial charge in [0.1, 0.15) is 5.41 Å². The highest BCUT2D eigenvalue weighted by Crippen LogP contribution is 2.20. The van der Waals surface area contributed by atoms with Crippen LogP contribution in [0.2, 0.25) is 0 Å². The molecular weight excluding hydrogens is 208 g/mol. The number of rotatable bonds is 6. The number of nitriles is 1. The van der Waals surface area contributed by atoms with Gasteiger partial charge in [0.05, 0.1) is 6.07 Å². The summed E-state index contributed by atoms with van der Waals surface area (Å²) in [6.45, 7) is 5.59. The van der Waals surface area contributed by atoms with Crippen LogP contribution < -0.4 is 5.32 Å². The van der Waals surface area contributed by atoms with Gasteiger partial charge in [-0.05, 0) is 26.0 Å². The minimum absolute atomic E-state index is 0.145. The van der Waals surface area contributed by atoms with Crippen molar-refractivity contribution >= 4 is 17.7 Å². The van der Waals surface area contributed by atoms with E-state index >= 15 is 0 Å². The van der Waals surface area contributed by atoms with Crippen molar-refractivity contribution in [1.29, 1.82) is 5.26 Å². The number of hydrogen-bond donors (Lipinski definition) is 1. The van der Waals surface area contributed by atoms with E-state index in [2.05, 4.69) is 11.4 Å². The third-order valence-corrected chi connectivity index (χ3v) is 3.39. The molecule has 0 radical (unpaired) electrons. The molecule has 0 heterocycles. The lowest BCUT2D eigenvalue weighted by atomic mass is 9.88. The first kappa shape index (κ1) is 14.3. The Labute approximate surface area is 96.6 Å². The van der Waals surface area contributed by atoms with Crippen LogP contribution in [0.3, 0.4) is 0 Å². The van der Waals surface area contributed by atoms with E-state index in [9.17, 15) is 4.79 Å². The number of nitrogens with one attached hydrogen (secondary N) is 1.